The minimum Gasteiger partial charge on any atom is -0.467 e. The second kappa shape index (κ2) is 9.29. The number of carbonyl (C=O) groups excluding carboxylic acids is 1. The molecule has 0 bridgehead atoms. The average molecular weight is 467 g/mol. The Bertz CT molecular complexity index is 1310. The number of sulfone groups is 1. The second-order valence-corrected chi connectivity index (χ2v) is 9.41. The van der Waals surface area contributed by atoms with Gasteiger partial charge in [-0.3, -0.25) is 4.79 Å². The number of benzene rings is 1. The van der Waals surface area contributed by atoms with Crippen LogP contribution in [-0.2, 0) is 22.9 Å². The van der Waals surface area contributed by atoms with E-state index in [9.17, 15) is 13.2 Å². The average Bonchev–Trinajstić information content (AvgIpc) is 3.46. The van der Waals surface area contributed by atoms with Gasteiger partial charge in [0.1, 0.15) is 11.5 Å². The van der Waals surface area contributed by atoms with Gasteiger partial charge in [0.05, 0.1) is 37.5 Å². The quantitative estimate of drug-likeness (QED) is 0.389. The predicted octanol–water partition coefficient (Wildman–Crippen LogP) is 3.83. The molecular formula is C23H22N4O5S. The molecule has 1 aromatic carbocycles. The molecule has 0 radical (unpaired) electrons. The molecule has 10 heteroatoms. The molecule has 0 spiro atoms. The van der Waals surface area contributed by atoms with Crippen LogP contribution in [0, 0.1) is 6.92 Å². The van der Waals surface area contributed by atoms with Crippen LogP contribution in [0.15, 0.2) is 81.2 Å². The number of nitrogens with zero attached hydrogens (tertiary/aromatic N) is 3. The number of nitrogens with one attached hydrogen (secondary N) is 1. The number of hydrogen-bond donors (Lipinski definition) is 1. The Balaban J connectivity index is 1.77. The SMILES string of the molecule is Cc1cccc(NC(=O)c2nc(S(C)(=O)=O)ncc2N(Cc2ccco2)Cc2ccco2)c1. The molecule has 33 heavy (non-hydrogen) atoms. The molecule has 0 aliphatic heterocycles. The summed E-state index contributed by atoms with van der Waals surface area (Å²) in [4.78, 5) is 23.2. The van der Waals surface area contributed by atoms with Crippen LogP contribution in [0.5, 0.6) is 0 Å². The largest absolute Gasteiger partial charge is 0.467 e. The minimum absolute atomic E-state index is 0.0787. The van der Waals surface area contributed by atoms with Crippen molar-refractivity contribution >= 4 is 27.1 Å². The van der Waals surface area contributed by atoms with E-state index in [0.717, 1.165) is 11.8 Å². The zero-order chi connectivity index (χ0) is 23.4. The lowest BCUT2D eigenvalue weighted by Crippen LogP contribution is -2.27. The molecule has 1 amide bonds. The number of hydrogen-bond acceptors (Lipinski definition) is 8. The van der Waals surface area contributed by atoms with Crippen molar-refractivity contribution in [3.8, 4) is 0 Å². The molecule has 0 saturated carbocycles. The number of rotatable bonds is 8. The van der Waals surface area contributed by atoms with Crippen molar-refractivity contribution in [1.29, 1.82) is 0 Å². The Hall–Kier alpha value is -3.92. The Morgan fingerprint density at radius 2 is 1.70 bits per heavy atom. The van der Waals surface area contributed by atoms with Gasteiger partial charge in [0.2, 0.25) is 15.0 Å². The predicted molar refractivity (Wildman–Crippen MR) is 122 cm³/mol. The van der Waals surface area contributed by atoms with E-state index < -0.39 is 20.9 Å². The summed E-state index contributed by atoms with van der Waals surface area (Å²) in [6.07, 6.45) is 5.43. The highest BCUT2D eigenvalue weighted by molar-refractivity contribution is 7.90. The molecule has 170 valence electrons. The first-order valence-corrected chi connectivity index (χ1v) is 11.9. The lowest BCUT2D eigenvalue weighted by Gasteiger charge is -2.24. The van der Waals surface area contributed by atoms with E-state index in [2.05, 4.69) is 15.3 Å². The molecule has 9 nitrogen and oxygen atoms in total. The summed E-state index contributed by atoms with van der Waals surface area (Å²) in [6, 6.07) is 14.4. The van der Waals surface area contributed by atoms with Crippen LogP contribution in [-0.4, -0.2) is 30.5 Å². The van der Waals surface area contributed by atoms with Crippen LogP contribution in [0.25, 0.3) is 0 Å². The van der Waals surface area contributed by atoms with Crippen molar-refractivity contribution in [2.24, 2.45) is 0 Å². The van der Waals surface area contributed by atoms with E-state index in [-0.39, 0.29) is 18.8 Å². The van der Waals surface area contributed by atoms with E-state index >= 15 is 0 Å². The Morgan fingerprint density at radius 3 is 2.24 bits per heavy atom. The third-order valence-electron chi connectivity index (χ3n) is 4.76. The zero-order valence-corrected chi connectivity index (χ0v) is 18.9. The Labute approximate surface area is 191 Å². The van der Waals surface area contributed by atoms with Gasteiger partial charge in [0.25, 0.3) is 5.91 Å². The van der Waals surface area contributed by atoms with E-state index in [1.165, 1.54) is 6.20 Å². The molecule has 0 saturated heterocycles. The fourth-order valence-corrected chi connectivity index (χ4v) is 3.76. The Kier molecular flexibility index (Phi) is 6.27. The summed E-state index contributed by atoms with van der Waals surface area (Å²) in [7, 11) is -3.74. The summed E-state index contributed by atoms with van der Waals surface area (Å²) in [5.41, 5.74) is 1.78. The van der Waals surface area contributed by atoms with Crippen LogP contribution in [0.2, 0.25) is 0 Å². The van der Waals surface area contributed by atoms with Crippen molar-refractivity contribution in [2.75, 3.05) is 16.5 Å². The first kappa shape index (κ1) is 22.3. The third-order valence-corrected chi connectivity index (χ3v) is 5.62. The maximum Gasteiger partial charge on any atom is 0.276 e. The molecule has 0 aliphatic rings. The topological polar surface area (TPSA) is 119 Å². The molecule has 0 aliphatic carbocycles. The van der Waals surface area contributed by atoms with Gasteiger partial charge in [0, 0.05) is 11.9 Å². The molecule has 4 aromatic rings. The lowest BCUT2D eigenvalue weighted by molar-refractivity contribution is 0.102. The molecule has 0 atom stereocenters. The normalized spacial score (nSPS) is 11.3. The summed E-state index contributed by atoms with van der Waals surface area (Å²) in [5, 5.41) is 2.36. The second-order valence-electron chi connectivity index (χ2n) is 7.50. The molecule has 4 rings (SSSR count). The van der Waals surface area contributed by atoms with E-state index in [1.807, 2.05) is 19.1 Å². The van der Waals surface area contributed by atoms with Crippen molar-refractivity contribution in [1.82, 2.24) is 9.97 Å². The smallest absolute Gasteiger partial charge is 0.276 e. The standard InChI is InChI=1S/C23H22N4O5S/c1-16-6-3-7-17(12-16)25-22(28)21-20(13-24-23(26-21)33(2,29)30)27(14-18-8-4-10-31-18)15-19-9-5-11-32-19/h3-13H,14-15H2,1-2H3,(H,25,28). The van der Waals surface area contributed by atoms with Crippen molar-refractivity contribution in [3.63, 3.8) is 0 Å². The zero-order valence-electron chi connectivity index (χ0n) is 18.1. The van der Waals surface area contributed by atoms with Gasteiger partial charge < -0.3 is 19.1 Å². The molecule has 3 heterocycles. The molecule has 1 N–H and O–H groups in total. The first-order valence-electron chi connectivity index (χ1n) is 10.0. The van der Waals surface area contributed by atoms with Gasteiger partial charge in [-0.1, -0.05) is 12.1 Å². The van der Waals surface area contributed by atoms with Crippen LogP contribution in [0.4, 0.5) is 11.4 Å². The van der Waals surface area contributed by atoms with Crippen molar-refractivity contribution in [2.45, 2.75) is 25.2 Å². The highest BCUT2D eigenvalue weighted by Crippen LogP contribution is 2.25. The van der Waals surface area contributed by atoms with E-state index in [0.29, 0.717) is 22.9 Å². The van der Waals surface area contributed by atoms with Crippen LogP contribution >= 0.6 is 0 Å². The Morgan fingerprint density at radius 1 is 1.03 bits per heavy atom. The van der Waals surface area contributed by atoms with Gasteiger partial charge in [-0.25, -0.2) is 18.4 Å². The number of carbonyl (C=O) groups is 1. The lowest BCUT2D eigenvalue weighted by atomic mass is 10.2. The van der Waals surface area contributed by atoms with Crippen LogP contribution < -0.4 is 10.2 Å². The van der Waals surface area contributed by atoms with Crippen LogP contribution in [0.3, 0.4) is 0 Å². The van der Waals surface area contributed by atoms with Gasteiger partial charge in [-0.05, 0) is 48.9 Å². The molecular weight excluding hydrogens is 444 g/mol. The van der Waals surface area contributed by atoms with Crippen molar-refractivity contribution in [3.05, 3.63) is 90.0 Å². The molecule has 0 fully saturated rings. The van der Waals surface area contributed by atoms with E-state index in [1.54, 1.807) is 53.8 Å². The van der Waals surface area contributed by atoms with Gasteiger partial charge in [-0.15, -0.1) is 0 Å². The maximum absolute atomic E-state index is 13.3. The van der Waals surface area contributed by atoms with Gasteiger partial charge >= 0.3 is 0 Å². The summed E-state index contributed by atoms with van der Waals surface area (Å²) < 4.78 is 35.2. The fraction of sp³-hybridized carbons (Fsp3) is 0.174. The summed E-state index contributed by atoms with van der Waals surface area (Å²) in [6.45, 7) is 2.46. The highest BCUT2D eigenvalue weighted by atomic mass is 32.2. The number of aryl methyl sites for hydroxylation is 1. The molecule has 0 unspecified atom stereocenters. The van der Waals surface area contributed by atoms with Crippen LogP contribution in [0.1, 0.15) is 27.6 Å². The van der Waals surface area contributed by atoms with E-state index in [4.69, 9.17) is 8.83 Å². The third kappa shape index (κ3) is 5.47. The number of aromatic nitrogens is 2. The molecule has 3 aromatic heterocycles. The minimum atomic E-state index is -3.74. The maximum atomic E-state index is 13.3. The number of amides is 1. The van der Waals surface area contributed by atoms with Gasteiger partial charge in [-0.2, -0.15) is 0 Å². The number of anilines is 2. The first-order chi connectivity index (χ1) is 15.8. The summed E-state index contributed by atoms with van der Waals surface area (Å²) in [5.74, 6) is 0.712. The summed E-state index contributed by atoms with van der Waals surface area (Å²) >= 11 is 0. The highest BCUT2D eigenvalue weighted by Gasteiger charge is 2.24. The van der Waals surface area contributed by atoms with Crippen molar-refractivity contribution < 1.29 is 22.0 Å². The number of furan rings is 2. The fourth-order valence-electron chi connectivity index (χ4n) is 3.26. The monoisotopic (exact) mass is 466 g/mol. The van der Waals surface area contributed by atoms with Gasteiger partial charge in [0.15, 0.2) is 5.69 Å².